The summed E-state index contributed by atoms with van der Waals surface area (Å²) in [6.45, 7) is 17.6. The highest BCUT2D eigenvalue weighted by Gasteiger charge is 2.20. The smallest absolute Gasteiger partial charge is 0.138 e. The third-order valence-electron chi connectivity index (χ3n) is 11.4. The summed E-state index contributed by atoms with van der Waals surface area (Å²) in [7, 11) is 0. The molecule has 0 amide bonds. The normalized spacial score (nSPS) is 11.8. The van der Waals surface area contributed by atoms with Crippen molar-refractivity contribution in [3.05, 3.63) is 179 Å². The predicted molar refractivity (Wildman–Crippen MR) is 241 cm³/mol. The lowest BCUT2D eigenvalue weighted by molar-refractivity contribution is 0.478. The average molecular weight is 757 g/mol. The van der Waals surface area contributed by atoms with Crippen LogP contribution in [0.1, 0.15) is 54.2 Å². The summed E-state index contributed by atoms with van der Waals surface area (Å²) in [4.78, 5) is 4.95. The van der Waals surface area contributed by atoms with E-state index in [0.29, 0.717) is 0 Å². The first-order chi connectivity index (χ1) is 27.9. The topological polar surface area (TPSA) is 44.9 Å². The molecule has 0 saturated heterocycles. The zero-order valence-corrected chi connectivity index (χ0v) is 34.6. The van der Waals surface area contributed by atoms with Crippen LogP contribution in [0.4, 0.5) is 0 Å². The van der Waals surface area contributed by atoms with Gasteiger partial charge in [-0.15, -0.1) is 0 Å². The molecule has 3 aromatic heterocycles. The van der Waals surface area contributed by atoms with Crippen molar-refractivity contribution in [3.63, 3.8) is 0 Å². The number of aromatic nitrogens is 4. The van der Waals surface area contributed by atoms with Crippen LogP contribution in [0.2, 0.25) is 0 Å². The van der Waals surface area contributed by atoms with Gasteiger partial charge in [0.25, 0.3) is 0 Å². The molecular formula is C53H48N4O. The largest absolute Gasteiger partial charge is 0.457 e. The van der Waals surface area contributed by atoms with Gasteiger partial charge in [-0.3, -0.25) is 4.57 Å². The molecular weight excluding hydrogens is 709 g/mol. The van der Waals surface area contributed by atoms with Crippen molar-refractivity contribution in [1.82, 2.24) is 19.3 Å². The first kappa shape index (κ1) is 36.9. The van der Waals surface area contributed by atoms with Gasteiger partial charge in [0.2, 0.25) is 0 Å². The summed E-state index contributed by atoms with van der Waals surface area (Å²) in [6.07, 6.45) is 6.03. The molecule has 0 spiro atoms. The van der Waals surface area contributed by atoms with Crippen LogP contribution in [0.15, 0.2) is 146 Å². The molecule has 9 aromatic rings. The lowest BCUT2D eigenvalue weighted by atomic mass is 9.86. The molecule has 0 aliphatic carbocycles. The standard InChI is InChI=1S/C53H48N4O/c1-33-22-34(2)51(35(3)23-33)39-20-21-54-50(26-39)57-48-17-13-12-16-46(48)47-19-18-44(30-49(47)57)58-45-28-42(53(6,7)8)27-43(29-45)56-32-41(31-55-56)52-36(4)24-40(25-37(52)5)38-14-10-9-11-15-38/h9-32H,1-8H3. The summed E-state index contributed by atoms with van der Waals surface area (Å²) in [5.41, 5.74) is 17.5. The number of ether oxygens (including phenoxy) is 1. The van der Waals surface area contributed by atoms with Crippen molar-refractivity contribution in [2.24, 2.45) is 0 Å². The van der Waals surface area contributed by atoms with E-state index in [4.69, 9.17) is 14.8 Å². The Balaban J connectivity index is 1.10. The van der Waals surface area contributed by atoms with Gasteiger partial charge in [0.15, 0.2) is 0 Å². The summed E-state index contributed by atoms with van der Waals surface area (Å²) in [5.74, 6) is 2.37. The van der Waals surface area contributed by atoms with Crippen molar-refractivity contribution in [2.45, 2.75) is 60.8 Å². The number of nitrogens with zero attached hydrogens (tertiary/aromatic N) is 4. The predicted octanol–water partition coefficient (Wildman–Crippen LogP) is 14.0. The molecule has 0 aliphatic heterocycles. The fraction of sp³-hybridized carbons (Fsp3) is 0.170. The van der Waals surface area contributed by atoms with Crippen LogP contribution in [0, 0.1) is 34.6 Å². The monoisotopic (exact) mass is 756 g/mol. The maximum atomic E-state index is 6.82. The van der Waals surface area contributed by atoms with Gasteiger partial charge < -0.3 is 4.74 Å². The van der Waals surface area contributed by atoms with Crippen molar-refractivity contribution in [2.75, 3.05) is 0 Å². The molecule has 6 aromatic carbocycles. The van der Waals surface area contributed by atoms with E-state index < -0.39 is 0 Å². The molecule has 0 unspecified atom stereocenters. The number of pyridine rings is 1. The summed E-state index contributed by atoms with van der Waals surface area (Å²) >= 11 is 0. The molecule has 0 N–H and O–H groups in total. The highest BCUT2D eigenvalue weighted by atomic mass is 16.5. The quantitative estimate of drug-likeness (QED) is 0.163. The summed E-state index contributed by atoms with van der Waals surface area (Å²) in [6, 6.07) is 45.3. The number of aryl methyl sites for hydroxylation is 5. The highest BCUT2D eigenvalue weighted by Crippen LogP contribution is 2.39. The number of para-hydroxylation sites is 1. The zero-order valence-electron chi connectivity index (χ0n) is 34.6. The maximum absolute atomic E-state index is 6.82. The van der Waals surface area contributed by atoms with Gasteiger partial charge in [0.1, 0.15) is 17.3 Å². The Bertz CT molecular complexity index is 2970. The minimum atomic E-state index is -0.119. The van der Waals surface area contributed by atoms with Gasteiger partial charge in [-0.05, 0) is 138 Å². The van der Waals surface area contributed by atoms with E-state index in [0.717, 1.165) is 56.1 Å². The second-order valence-corrected chi connectivity index (χ2v) is 16.8. The van der Waals surface area contributed by atoms with Crippen molar-refractivity contribution >= 4 is 21.8 Å². The summed E-state index contributed by atoms with van der Waals surface area (Å²) in [5, 5.41) is 7.22. The second kappa shape index (κ2) is 14.3. The Morgan fingerprint density at radius 2 is 1.21 bits per heavy atom. The molecule has 0 aliphatic rings. The molecule has 0 atom stereocenters. The molecule has 0 bridgehead atoms. The SMILES string of the molecule is Cc1cc(C)c(-c2ccnc(-n3c4ccccc4c4ccc(Oc5cc(-n6cc(-c7c(C)cc(-c8ccccc8)cc7C)cn6)cc(C(C)(C)C)c5)cc43)c2)c(C)c1. The Morgan fingerprint density at radius 3 is 1.95 bits per heavy atom. The number of hydrogen-bond acceptors (Lipinski definition) is 3. The lowest BCUT2D eigenvalue weighted by Gasteiger charge is -2.21. The van der Waals surface area contributed by atoms with E-state index in [1.54, 1.807) is 0 Å². The Kier molecular flexibility index (Phi) is 9.12. The Morgan fingerprint density at radius 1 is 0.534 bits per heavy atom. The van der Waals surface area contributed by atoms with Gasteiger partial charge >= 0.3 is 0 Å². The van der Waals surface area contributed by atoms with E-state index in [-0.39, 0.29) is 5.41 Å². The Labute approximate surface area is 341 Å². The van der Waals surface area contributed by atoms with Gasteiger partial charge in [0, 0.05) is 40.9 Å². The van der Waals surface area contributed by atoms with Gasteiger partial charge in [-0.2, -0.15) is 5.10 Å². The molecule has 5 nitrogen and oxygen atoms in total. The third kappa shape index (κ3) is 6.77. The van der Waals surface area contributed by atoms with Gasteiger partial charge in [-0.1, -0.05) is 99.1 Å². The molecule has 0 fully saturated rings. The number of hydrogen-bond donors (Lipinski definition) is 0. The molecule has 9 rings (SSSR count). The molecule has 5 heteroatoms. The van der Waals surface area contributed by atoms with Gasteiger partial charge in [-0.25, -0.2) is 9.67 Å². The molecule has 0 saturated carbocycles. The number of fused-ring (bicyclic) bond motifs is 3. The van der Waals surface area contributed by atoms with Crippen LogP contribution in [0.25, 0.3) is 66.7 Å². The van der Waals surface area contributed by atoms with Crippen LogP contribution >= 0.6 is 0 Å². The lowest BCUT2D eigenvalue weighted by Crippen LogP contribution is -2.12. The first-order valence-electron chi connectivity index (χ1n) is 20.0. The van der Waals surface area contributed by atoms with Crippen LogP contribution in [-0.4, -0.2) is 19.3 Å². The van der Waals surface area contributed by atoms with E-state index in [2.05, 4.69) is 194 Å². The highest BCUT2D eigenvalue weighted by molar-refractivity contribution is 6.09. The fourth-order valence-corrected chi connectivity index (χ4v) is 8.75. The van der Waals surface area contributed by atoms with Gasteiger partial charge in [0.05, 0.1) is 22.9 Å². The van der Waals surface area contributed by atoms with Crippen LogP contribution < -0.4 is 4.74 Å². The minimum absolute atomic E-state index is 0.119. The van der Waals surface area contributed by atoms with E-state index in [1.807, 2.05) is 17.1 Å². The Hall–Kier alpha value is -6.72. The van der Waals surface area contributed by atoms with E-state index in [1.165, 1.54) is 55.5 Å². The third-order valence-corrected chi connectivity index (χ3v) is 11.4. The second-order valence-electron chi connectivity index (χ2n) is 16.8. The fourth-order valence-electron chi connectivity index (χ4n) is 8.75. The average Bonchev–Trinajstić information content (AvgIpc) is 3.80. The van der Waals surface area contributed by atoms with Crippen LogP contribution in [-0.2, 0) is 5.41 Å². The van der Waals surface area contributed by atoms with Crippen molar-refractivity contribution in [3.8, 4) is 56.4 Å². The maximum Gasteiger partial charge on any atom is 0.138 e. The van der Waals surface area contributed by atoms with Crippen LogP contribution in [0.5, 0.6) is 11.5 Å². The van der Waals surface area contributed by atoms with Crippen molar-refractivity contribution in [1.29, 1.82) is 0 Å². The zero-order chi connectivity index (χ0) is 40.3. The summed E-state index contributed by atoms with van der Waals surface area (Å²) < 4.78 is 11.1. The minimum Gasteiger partial charge on any atom is -0.457 e. The molecule has 286 valence electrons. The molecule has 58 heavy (non-hydrogen) atoms. The van der Waals surface area contributed by atoms with Crippen molar-refractivity contribution < 1.29 is 4.74 Å². The first-order valence-corrected chi connectivity index (χ1v) is 20.0. The molecule has 0 radical (unpaired) electrons. The van der Waals surface area contributed by atoms with E-state index in [9.17, 15) is 0 Å². The number of benzene rings is 6. The molecule has 3 heterocycles. The van der Waals surface area contributed by atoms with Crippen LogP contribution in [0.3, 0.4) is 0 Å². The van der Waals surface area contributed by atoms with E-state index >= 15 is 0 Å². The number of rotatable bonds is 7.